The van der Waals surface area contributed by atoms with Crippen molar-refractivity contribution in [3.63, 3.8) is 0 Å². The normalized spacial score (nSPS) is 13.0. The number of nitrogens with two attached hydrogens (primary N) is 1. The molecule has 1 unspecified atom stereocenters. The largest absolute Gasteiger partial charge is 0.318 e. The Kier molecular flexibility index (Phi) is 17.5. The minimum atomic E-state index is 0.477. The molecule has 164 valence electrons. The third-order valence-electron chi connectivity index (χ3n) is 5.02. The molecule has 0 bridgehead atoms. The Balaban J connectivity index is 4.46. The Labute approximate surface area is 175 Å². The van der Waals surface area contributed by atoms with E-state index in [1.807, 2.05) is 0 Å². The molecule has 0 aromatic carbocycles. The highest BCUT2D eigenvalue weighted by molar-refractivity contribution is 5.26. The van der Waals surface area contributed by atoms with Crippen LogP contribution in [0.3, 0.4) is 0 Å². The van der Waals surface area contributed by atoms with Gasteiger partial charge in [-0.3, -0.25) is 4.90 Å². The topological polar surface area (TPSA) is 44.5 Å². The van der Waals surface area contributed by atoms with E-state index >= 15 is 0 Å². The molecule has 0 aromatic heterocycles. The lowest BCUT2D eigenvalue weighted by molar-refractivity contribution is 0.231. The molecule has 0 fully saturated rings. The van der Waals surface area contributed by atoms with Crippen LogP contribution in [0.5, 0.6) is 0 Å². The van der Waals surface area contributed by atoms with Crippen LogP contribution in [0.1, 0.15) is 59.8 Å². The Morgan fingerprint density at radius 1 is 0.929 bits per heavy atom. The number of nitrogens with one attached hydrogen (secondary N) is 1. The van der Waals surface area contributed by atoms with Crippen molar-refractivity contribution in [3.05, 3.63) is 36.5 Å². The third kappa shape index (κ3) is 15.0. The summed E-state index contributed by atoms with van der Waals surface area (Å²) in [5, 5.41) is 3.09. The predicted octanol–water partition coefficient (Wildman–Crippen LogP) is 4.41. The average molecular weight is 393 g/mol. The van der Waals surface area contributed by atoms with E-state index in [0.29, 0.717) is 6.67 Å². The Morgan fingerprint density at radius 2 is 1.50 bits per heavy atom. The van der Waals surface area contributed by atoms with E-state index in [9.17, 15) is 0 Å². The van der Waals surface area contributed by atoms with Crippen LogP contribution in [0.4, 0.5) is 0 Å². The van der Waals surface area contributed by atoms with E-state index in [2.05, 4.69) is 68.1 Å². The van der Waals surface area contributed by atoms with Gasteiger partial charge in [-0.05, 0) is 68.9 Å². The van der Waals surface area contributed by atoms with E-state index in [4.69, 9.17) is 5.73 Å². The van der Waals surface area contributed by atoms with Crippen LogP contribution in [0.15, 0.2) is 36.5 Å². The first kappa shape index (κ1) is 27.1. The lowest BCUT2D eigenvalue weighted by Crippen LogP contribution is -2.32. The first-order chi connectivity index (χ1) is 13.5. The summed E-state index contributed by atoms with van der Waals surface area (Å²) in [6.45, 7) is 25.6. The minimum Gasteiger partial charge on any atom is -0.318 e. The van der Waals surface area contributed by atoms with E-state index in [1.54, 1.807) is 0 Å². The number of nitrogens with zero attached hydrogens (tertiary/aromatic N) is 2. The monoisotopic (exact) mass is 392 g/mol. The van der Waals surface area contributed by atoms with Gasteiger partial charge in [-0.15, -0.1) is 0 Å². The second-order valence-corrected chi connectivity index (χ2v) is 8.08. The number of hydrogen-bond donors (Lipinski definition) is 2. The van der Waals surface area contributed by atoms with Crippen molar-refractivity contribution in [2.45, 2.75) is 59.8 Å². The zero-order valence-corrected chi connectivity index (χ0v) is 19.3. The van der Waals surface area contributed by atoms with Gasteiger partial charge >= 0.3 is 0 Å². The standard InChI is InChI=1S/C24H48N4/c1-7-14-27(15-8-2)16-10-11-17-28(19-22(4)9-3)20-24(6)13-12-23(5)18-26-21-25/h12-13,22,26H,5-11,14-21,25H2,1-4H3/b13-12-. The van der Waals surface area contributed by atoms with Gasteiger partial charge in [-0.25, -0.2) is 0 Å². The number of unbranched alkanes of at least 4 members (excludes halogenated alkanes) is 1. The lowest BCUT2D eigenvalue weighted by atomic mass is 10.1. The summed E-state index contributed by atoms with van der Waals surface area (Å²) in [5.74, 6) is 0.720. The van der Waals surface area contributed by atoms with Gasteiger partial charge in [0.05, 0.1) is 0 Å². The molecule has 0 radical (unpaired) electrons. The molecule has 0 aromatic rings. The van der Waals surface area contributed by atoms with Crippen LogP contribution in [0.25, 0.3) is 0 Å². The summed E-state index contributed by atoms with van der Waals surface area (Å²) in [4.78, 5) is 5.19. The molecule has 0 saturated carbocycles. The molecule has 0 heterocycles. The maximum Gasteiger partial charge on any atom is 0.0431 e. The summed E-state index contributed by atoms with van der Waals surface area (Å²) in [7, 11) is 0. The van der Waals surface area contributed by atoms with Crippen molar-refractivity contribution in [1.29, 1.82) is 0 Å². The molecule has 0 aliphatic rings. The molecule has 0 saturated heterocycles. The number of hydrogen-bond acceptors (Lipinski definition) is 4. The molecular weight excluding hydrogens is 344 g/mol. The SMILES string of the molecule is C=C(/C=C\C(=C)CN(CCCCN(CCC)CCC)CC(C)CC)CNCN. The Bertz CT molecular complexity index is 424. The van der Waals surface area contributed by atoms with Crippen LogP contribution >= 0.6 is 0 Å². The van der Waals surface area contributed by atoms with Crippen molar-refractivity contribution in [1.82, 2.24) is 15.1 Å². The third-order valence-corrected chi connectivity index (χ3v) is 5.02. The number of rotatable bonds is 19. The molecule has 4 nitrogen and oxygen atoms in total. The summed E-state index contributed by atoms with van der Waals surface area (Å²) in [6, 6.07) is 0. The quantitative estimate of drug-likeness (QED) is 0.194. The summed E-state index contributed by atoms with van der Waals surface area (Å²) in [5.41, 5.74) is 7.65. The maximum absolute atomic E-state index is 5.46. The first-order valence-electron chi connectivity index (χ1n) is 11.4. The van der Waals surface area contributed by atoms with Gasteiger partial charge in [-0.1, -0.05) is 59.4 Å². The van der Waals surface area contributed by atoms with Crippen molar-refractivity contribution in [2.24, 2.45) is 11.7 Å². The molecule has 3 N–H and O–H groups in total. The van der Waals surface area contributed by atoms with Gasteiger partial charge in [0.15, 0.2) is 0 Å². The fourth-order valence-corrected chi connectivity index (χ4v) is 3.31. The predicted molar refractivity (Wildman–Crippen MR) is 127 cm³/mol. The highest BCUT2D eigenvalue weighted by Gasteiger charge is 2.10. The zero-order chi connectivity index (χ0) is 21.2. The Hall–Kier alpha value is -0.940. The van der Waals surface area contributed by atoms with Gasteiger partial charge < -0.3 is 16.0 Å². The fraction of sp³-hybridized carbons (Fsp3) is 0.750. The maximum atomic E-state index is 5.46. The molecule has 0 aliphatic carbocycles. The molecular formula is C24H48N4. The highest BCUT2D eigenvalue weighted by atomic mass is 15.1. The molecule has 4 heteroatoms. The van der Waals surface area contributed by atoms with Crippen LogP contribution in [-0.2, 0) is 0 Å². The van der Waals surface area contributed by atoms with Crippen molar-refractivity contribution >= 4 is 0 Å². The highest BCUT2D eigenvalue weighted by Crippen LogP contribution is 2.10. The van der Waals surface area contributed by atoms with Crippen LogP contribution in [0, 0.1) is 5.92 Å². The summed E-state index contributed by atoms with van der Waals surface area (Å²) in [6.07, 6.45) is 10.4. The summed E-state index contributed by atoms with van der Waals surface area (Å²) >= 11 is 0. The fourth-order valence-electron chi connectivity index (χ4n) is 3.31. The van der Waals surface area contributed by atoms with Gasteiger partial charge in [0.2, 0.25) is 0 Å². The van der Waals surface area contributed by atoms with Crippen molar-refractivity contribution < 1.29 is 0 Å². The second-order valence-electron chi connectivity index (χ2n) is 8.08. The van der Waals surface area contributed by atoms with Crippen LogP contribution in [0.2, 0.25) is 0 Å². The van der Waals surface area contributed by atoms with Crippen LogP contribution in [-0.4, -0.2) is 62.3 Å². The van der Waals surface area contributed by atoms with Gasteiger partial charge in [-0.2, -0.15) is 0 Å². The molecule has 1 atom stereocenters. The minimum absolute atomic E-state index is 0.477. The van der Waals surface area contributed by atoms with E-state index < -0.39 is 0 Å². The Morgan fingerprint density at radius 3 is 2.04 bits per heavy atom. The lowest BCUT2D eigenvalue weighted by Gasteiger charge is -2.26. The average Bonchev–Trinajstić information content (AvgIpc) is 2.67. The van der Waals surface area contributed by atoms with Gasteiger partial charge in [0.25, 0.3) is 0 Å². The van der Waals surface area contributed by atoms with Crippen LogP contribution < -0.4 is 11.1 Å². The zero-order valence-electron chi connectivity index (χ0n) is 19.3. The first-order valence-corrected chi connectivity index (χ1v) is 11.4. The molecule has 0 amide bonds. The smallest absolute Gasteiger partial charge is 0.0431 e. The van der Waals surface area contributed by atoms with Crippen molar-refractivity contribution in [3.8, 4) is 0 Å². The summed E-state index contributed by atoms with van der Waals surface area (Å²) < 4.78 is 0. The molecule has 0 spiro atoms. The van der Waals surface area contributed by atoms with E-state index in [1.165, 1.54) is 51.7 Å². The molecule has 28 heavy (non-hydrogen) atoms. The van der Waals surface area contributed by atoms with Gasteiger partial charge in [0.1, 0.15) is 0 Å². The second kappa shape index (κ2) is 18.1. The van der Waals surface area contributed by atoms with E-state index in [0.717, 1.165) is 43.2 Å². The van der Waals surface area contributed by atoms with E-state index in [-0.39, 0.29) is 0 Å². The van der Waals surface area contributed by atoms with Crippen molar-refractivity contribution in [2.75, 3.05) is 52.5 Å². The van der Waals surface area contributed by atoms with Gasteiger partial charge in [0, 0.05) is 26.3 Å². The molecule has 0 rings (SSSR count). The molecule has 0 aliphatic heterocycles.